The minimum Gasteiger partial charge on any atom is -0.353 e. The minimum atomic E-state index is -0.146. The van der Waals surface area contributed by atoms with Crippen molar-refractivity contribution in [3.8, 4) is 0 Å². The highest BCUT2D eigenvalue weighted by Crippen LogP contribution is 2.18. The molecule has 0 unspecified atom stereocenters. The van der Waals surface area contributed by atoms with Gasteiger partial charge in [-0.1, -0.05) is 17.7 Å². The maximum absolute atomic E-state index is 12.9. The van der Waals surface area contributed by atoms with Gasteiger partial charge in [0.25, 0.3) is 11.8 Å². The Labute approximate surface area is 187 Å². The molecule has 3 aromatic rings. The summed E-state index contributed by atoms with van der Waals surface area (Å²) in [6, 6.07) is 9.60. The SMILES string of the molecule is Cc1ccc(C(=O)N2CCN(c3ccc(C(=O)NCCc4cnc[nH]4)cn3)CC2)c(C)c1. The van der Waals surface area contributed by atoms with Crippen molar-refractivity contribution in [1.29, 1.82) is 0 Å². The number of piperazine rings is 1. The Balaban J connectivity index is 1.29. The van der Waals surface area contributed by atoms with Crippen LogP contribution < -0.4 is 10.2 Å². The molecule has 0 aliphatic carbocycles. The van der Waals surface area contributed by atoms with Gasteiger partial charge in [0, 0.05) is 62.8 Å². The Bertz CT molecular complexity index is 1070. The van der Waals surface area contributed by atoms with Crippen LogP contribution in [-0.4, -0.2) is 64.4 Å². The topological polar surface area (TPSA) is 94.2 Å². The van der Waals surface area contributed by atoms with E-state index in [-0.39, 0.29) is 11.8 Å². The predicted molar refractivity (Wildman–Crippen MR) is 123 cm³/mol. The number of anilines is 1. The second kappa shape index (κ2) is 9.64. The molecule has 3 heterocycles. The predicted octanol–water partition coefficient (Wildman–Crippen LogP) is 2.36. The highest BCUT2D eigenvalue weighted by molar-refractivity contribution is 5.96. The van der Waals surface area contributed by atoms with Gasteiger partial charge < -0.3 is 20.1 Å². The third-order valence-electron chi connectivity index (χ3n) is 5.75. The molecule has 1 aromatic carbocycles. The lowest BCUT2D eigenvalue weighted by Gasteiger charge is -2.35. The van der Waals surface area contributed by atoms with E-state index in [1.807, 2.05) is 43.0 Å². The number of nitrogens with one attached hydrogen (secondary N) is 2. The van der Waals surface area contributed by atoms with Crippen LogP contribution in [0.1, 0.15) is 37.5 Å². The van der Waals surface area contributed by atoms with E-state index in [9.17, 15) is 9.59 Å². The number of aromatic nitrogens is 3. The van der Waals surface area contributed by atoms with Gasteiger partial charge in [-0.15, -0.1) is 0 Å². The van der Waals surface area contributed by atoms with Gasteiger partial charge in [0.2, 0.25) is 0 Å². The fourth-order valence-corrected chi connectivity index (χ4v) is 3.90. The molecule has 0 spiro atoms. The molecule has 32 heavy (non-hydrogen) atoms. The summed E-state index contributed by atoms with van der Waals surface area (Å²) < 4.78 is 0. The number of amides is 2. The van der Waals surface area contributed by atoms with Crippen molar-refractivity contribution in [1.82, 2.24) is 25.2 Å². The molecule has 2 N–H and O–H groups in total. The molecule has 0 bridgehead atoms. The molecule has 0 atom stereocenters. The Morgan fingerprint density at radius 3 is 2.53 bits per heavy atom. The van der Waals surface area contributed by atoms with Gasteiger partial charge in [-0.2, -0.15) is 0 Å². The van der Waals surface area contributed by atoms with E-state index in [1.165, 1.54) is 0 Å². The first kappa shape index (κ1) is 21.5. The van der Waals surface area contributed by atoms with E-state index in [0.717, 1.165) is 28.2 Å². The van der Waals surface area contributed by atoms with Crippen LogP contribution in [0.2, 0.25) is 0 Å². The summed E-state index contributed by atoms with van der Waals surface area (Å²) in [4.78, 5) is 40.7. The zero-order valence-electron chi connectivity index (χ0n) is 18.5. The molecule has 8 heteroatoms. The summed E-state index contributed by atoms with van der Waals surface area (Å²) in [7, 11) is 0. The lowest BCUT2D eigenvalue weighted by molar-refractivity contribution is 0.0745. The van der Waals surface area contributed by atoms with Gasteiger partial charge in [0.05, 0.1) is 11.9 Å². The van der Waals surface area contributed by atoms with Gasteiger partial charge in [-0.05, 0) is 37.6 Å². The molecule has 1 aliphatic heterocycles. The summed E-state index contributed by atoms with van der Waals surface area (Å²) in [6.45, 7) is 7.24. The van der Waals surface area contributed by atoms with Crippen LogP contribution in [0.15, 0.2) is 49.1 Å². The summed E-state index contributed by atoms with van der Waals surface area (Å²) in [5.41, 5.74) is 4.45. The first-order valence-electron chi connectivity index (χ1n) is 10.8. The van der Waals surface area contributed by atoms with Crippen LogP contribution in [0.3, 0.4) is 0 Å². The Kier molecular flexibility index (Phi) is 6.49. The molecule has 0 radical (unpaired) electrons. The number of hydrogen-bond acceptors (Lipinski definition) is 5. The molecular weight excluding hydrogens is 404 g/mol. The van der Waals surface area contributed by atoms with Gasteiger partial charge in [0.15, 0.2) is 0 Å². The number of aryl methyl sites for hydroxylation is 2. The first-order chi connectivity index (χ1) is 15.5. The van der Waals surface area contributed by atoms with Crippen molar-refractivity contribution in [2.75, 3.05) is 37.6 Å². The molecule has 166 valence electrons. The number of rotatable bonds is 6. The smallest absolute Gasteiger partial charge is 0.254 e. The van der Waals surface area contributed by atoms with E-state index in [0.29, 0.717) is 44.7 Å². The van der Waals surface area contributed by atoms with Crippen molar-refractivity contribution >= 4 is 17.6 Å². The Morgan fingerprint density at radius 2 is 1.88 bits per heavy atom. The number of aromatic amines is 1. The van der Waals surface area contributed by atoms with Crippen LogP contribution >= 0.6 is 0 Å². The first-order valence-corrected chi connectivity index (χ1v) is 10.8. The summed E-state index contributed by atoms with van der Waals surface area (Å²) in [5, 5.41) is 2.89. The second-order valence-electron chi connectivity index (χ2n) is 8.09. The van der Waals surface area contributed by atoms with Crippen LogP contribution in [0.4, 0.5) is 5.82 Å². The normalized spacial score (nSPS) is 13.8. The van der Waals surface area contributed by atoms with Crippen molar-refractivity contribution in [2.45, 2.75) is 20.3 Å². The zero-order chi connectivity index (χ0) is 22.5. The number of carbonyl (C=O) groups excluding carboxylic acids is 2. The van der Waals surface area contributed by atoms with Crippen molar-refractivity contribution < 1.29 is 9.59 Å². The van der Waals surface area contributed by atoms with E-state index in [2.05, 4.69) is 25.2 Å². The van der Waals surface area contributed by atoms with E-state index in [1.54, 1.807) is 24.8 Å². The minimum absolute atomic E-state index is 0.0808. The molecule has 2 aromatic heterocycles. The van der Waals surface area contributed by atoms with Crippen LogP contribution in [0.5, 0.6) is 0 Å². The number of nitrogens with zero attached hydrogens (tertiary/aromatic N) is 4. The van der Waals surface area contributed by atoms with Gasteiger partial charge in [-0.3, -0.25) is 9.59 Å². The largest absolute Gasteiger partial charge is 0.353 e. The summed E-state index contributed by atoms with van der Waals surface area (Å²) in [5.74, 6) is 0.752. The zero-order valence-corrected chi connectivity index (χ0v) is 18.5. The fourth-order valence-electron chi connectivity index (χ4n) is 3.90. The van der Waals surface area contributed by atoms with Crippen molar-refractivity contribution in [3.05, 3.63) is 77.0 Å². The average molecular weight is 433 g/mol. The standard InChI is InChI=1S/C24H28N6O2/c1-17-3-5-21(18(2)13-17)24(32)30-11-9-29(10-12-30)22-6-4-19(14-27-22)23(31)26-8-7-20-15-25-16-28-20/h3-6,13-16H,7-12H2,1-2H3,(H,25,28)(H,26,31). The number of imidazole rings is 1. The average Bonchev–Trinajstić information content (AvgIpc) is 3.32. The van der Waals surface area contributed by atoms with Crippen LogP contribution in [0, 0.1) is 13.8 Å². The summed E-state index contributed by atoms with van der Waals surface area (Å²) in [6.07, 6.45) is 5.67. The number of benzene rings is 1. The molecular formula is C24H28N6O2. The molecule has 4 rings (SSSR count). The number of H-pyrrole nitrogens is 1. The molecule has 8 nitrogen and oxygen atoms in total. The Hall–Kier alpha value is -3.68. The second-order valence-corrected chi connectivity index (χ2v) is 8.09. The third kappa shape index (κ3) is 4.96. The van der Waals surface area contributed by atoms with E-state index < -0.39 is 0 Å². The highest BCUT2D eigenvalue weighted by atomic mass is 16.2. The van der Waals surface area contributed by atoms with Crippen molar-refractivity contribution in [2.24, 2.45) is 0 Å². The van der Waals surface area contributed by atoms with E-state index >= 15 is 0 Å². The molecule has 1 fully saturated rings. The summed E-state index contributed by atoms with van der Waals surface area (Å²) >= 11 is 0. The molecule has 1 saturated heterocycles. The van der Waals surface area contributed by atoms with Crippen LogP contribution in [-0.2, 0) is 6.42 Å². The van der Waals surface area contributed by atoms with Crippen LogP contribution in [0.25, 0.3) is 0 Å². The highest BCUT2D eigenvalue weighted by Gasteiger charge is 2.24. The van der Waals surface area contributed by atoms with Gasteiger partial charge in [0.1, 0.15) is 5.82 Å². The fraction of sp³-hybridized carbons (Fsp3) is 0.333. The quantitative estimate of drug-likeness (QED) is 0.624. The maximum Gasteiger partial charge on any atom is 0.254 e. The number of carbonyl (C=O) groups is 2. The number of hydrogen-bond donors (Lipinski definition) is 2. The number of pyridine rings is 1. The lowest BCUT2D eigenvalue weighted by atomic mass is 10.0. The van der Waals surface area contributed by atoms with E-state index in [4.69, 9.17) is 0 Å². The molecule has 0 saturated carbocycles. The van der Waals surface area contributed by atoms with Crippen molar-refractivity contribution in [3.63, 3.8) is 0 Å². The third-order valence-corrected chi connectivity index (χ3v) is 5.75. The van der Waals surface area contributed by atoms with Gasteiger partial charge >= 0.3 is 0 Å². The maximum atomic E-state index is 12.9. The van der Waals surface area contributed by atoms with Gasteiger partial charge in [-0.25, -0.2) is 9.97 Å². The Morgan fingerprint density at radius 1 is 1.06 bits per heavy atom. The molecule has 1 aliphatic rings. The monoisotopic (exact) mass is 432 g/mol. The molecule has 2 amide bonds. The lowest BCUT2D eigenvalue weighted by Crippen LogP contribution is -2.49.